The Labute approximate surface area is 119 Å². The van der Waals surface area contributed by atoms with Gasteiger partial charge in [0.25, 0.3) is 0 Å². The Bertz CT molecular complexity index is 339. The zero-order valence-electron chi connectivity index (χ0n) is 13.4. The van der Waals surface area contributed by atoms with E-state index in [9.17, 15) is 0 Å². The summed E-state index contributed by atoms with van der Waals surface area (Å²) in [6, 6.07) is 10.1. The summed E-state index contributed by atoms with van der Waals surface area (Å²) in [6.45, 7) is 11.3. The lowest BCUT2D eigenvalue weighted by Gasteiger charge is -2.21. The van der Waals surface area contributed by atoms with Gasteiger partial charge >= 0.3 is 0 Å². The van der Waals surface area contributed by atoms with Crippen LogP contribution in [0.15, 0.2) is 24.3 Å². The molecule has 0 amide bonds. The van der Waals surface area contributed by atoms with Crippen LogP contribution in [0.5, 0.6) is 0 Å². The average Bonchev–Trinajstić information content (AvgIpc) is 2.39. The first-order valence-electron chi connectivity index (χ1n) is 7.90. The van der Waals surface area contributed by atoms with Gasteiger partial charge in [0, 0.05) is 12.1 Å². The van der Waals surface area contributed by atoms with Gasteiger partial charge in [-0.15, -0.1) is 0 Å². The number of benzene rings is 1. The minimum absolute atomic E-state index is 0.442. The Kier molecular flexibility index (Phi) is 7.15. The van der Waals surface area contributed by atoms with Crippen molar-refractivity contribution in [3.8, 4) is 0 Å². The fourth-order valence-corrected chi connectivity index (χ4v) is 2.48. The first-order chi connectivity index (χ1) is 9.04. The van der Waals surface area contributed by atoms with Gasteiger partial charge in [-0.2, -0.15) is 0 Å². The smallest absolute Gasteiger partial charge is 0.0294 e. The summed E-state index contributed by atoms with van der Waals surface area (Å²) in [7, 11) is 0. The Morgan fingerprint density at radius 3 is 2.00 bits per heavy atom. The van der Waals surface area contributed by atoms with Crippen molar-refractivity contribution < 1.29 is 0 Å². The van der Waals surface area contributed by atoms with Crippen LogP contribution >= 0.6 is 0 Å². The van der Waals surface area contributed by atoms with Crippen LogP contribution < -0.4 is 5.32 Å². The highest BCUT2D eigenvalue weighted by Gasteiger charge is 2.09. The van der Waals surface area contributed by atoms with Gasteiger partial charge < -0.3 is 5.32 Å². The van der Waals surface area contributed by atoms with Crippen molar-refractivity contribution in [3.63, 3.8) is 0 Å². The van der Waals surface area contributed by atoms with Gasteiger partial charge in [0.2, 0.25) is 0 Å². The Morgan fingerprint density at radius 2 is 1.47 bits per heavy atom. The predicted octanol–water partition coefficient (Wildman–Crippen LogP) is 5.43. The van der Waals surface area contributed by atoms with Gasteiger partial charge in [-0.25, -0.2) is 0 Å². The van der Waals surface area contributed by atoms with E-state index in [-0.39, 0.29) is 0 Å². The summed E-state index contributed by atoms with van der Waals surface area (Å²) in [6.07, 6.45) is 5.27. The fraction of sp³-hybridized carbons (Fsp3) is 0.667. The number of hydrogen-bond donors (Lipinski definition) is 1. The van der Waals surface area contributed by atoms with E-state index in [0.29, 0.717) is 18.0 Å². The summed E-state index contributed by atoms with van der Waals surface area (Å²) >= 11 is 0. The van der Waals surface area contributed by atoms with E-state index in [1.165, 1.54) is 36.8 Å². The van der Waals surface area contributed by atoms with Gasteiger partial charge in [0.05, 0.1) is 0 Å². The first-order valence-corrected chi connectivity index (χ1v) is 7.90. The molecule has 0 aliphatic rings. The molecule has 0 aromatic heterocycles. The van der Waals surface area contributed by atoms with Crippen molar-refractivity contribution in [2.24, 2.45) is 0 Å². The van der Waals surface area contributed by atoms with Crippen LogP contribution in [0.4, 0.5) is 0 Å². The minimum atomic E-state index is 0.442. The molecule has 0 aliphatic carbocycles. The van der Waals surface area contributed by atoms with Gasteiger partial charge in [-0.1, -0.05) is 64.3 Å². The van der Waals surface area contributed by atoms with Gasteiger partial charge in [0.1, 0.15) is 0 Å². The summed E-state index contributed by atoms with van der Waals surface area (Å²) in [5.74, 6) is 0.616. The van der Waals surface area contributed by atoms with Crippen molar-refractivity contribution in [2.45, 2.75) is 78.3 Å². The van der Waals surface area contributed by atoms with Crippen LogP contribution in [-0.4, -0.2) is 6.04 Å². The molecule has 0 spiro atoms. The van der Waals surface area contributed by atoms with E-state index in [2.05, 4.69) is 64.2 Å². The second-order valence-corrected chi connectivity index (χ2v) is 6.11. The summed E-state index contributed by atoms with van der Waals surface area (Å²) in [4.78, 5) is 0. The third-order valence-electron chi connectivity index (χ3n) is 3.88. The van der Waals surface area contributed by atoms with Gasteiger partial charge in [0.15, 0.2) is 0 Å². The van der Waals surface area contributed by atoms with Crippen molar-refractivity contribution in [1.29, 1.82) is 0 Å². The van der Waals surface area contributed by atoms with Crippen LogP contribution in [0.1, 0.15) is 83.4 Å². The highest BCUT2D eigenvalue weighted by Crippen LogP contribution is 2.19. The summed E-state index contributed by atoms with van der Waals surface area (Å²) in [5.41, 5.74) is 2.82. The van der Waals surface area contributed by atoms with Crippen LogP contribution in [-0.2, 0) is 0 Å². The van der Waals surface area contributed by atoms with Crippen molar-refractivity contribution >= 4 is 0 Å². The van der Waals surface area contributed by atoms with Crippen LogP contribution in [0.3, 0.4) is 0 Å². The largest absolute Gasteiger partial charge is 0.308 e. The van der Waals surface area contributed by atoms with Crippen LogP contribution in [0.2, 0.25) is 0 Å². The summed E-state index contributed by atoms with van der Waals surface area (Å²) < 4.78 is 0. The number of rotatable bonds is 8. The minimum Gasteiger partial charge on any atom is -0.308 e. The van der Waals surface area contributed by atoms with E-state index in [1.54, 1.807) is 0 Å². The standard InChI is InChI=1S/C18H31N/c1-6-7-8-9-15(4)19-16(5)18-12-10-17(11-13-18)14(2)3/h10-16,19H,6-9H2,1-5H3. The maximum absolute atomic E-state index is 3.70. The van der Waals surface area contributed by atoms with Crippen molar-refractivity contribution in [1.82, 2.24) is 5.32 Å². The monoisotopic (exact) mass is 261 g/mol. The third-order valence-corrected chi connectivity index (χ3v) is 3.88. The van der Waals surface area contributed by atoms with E-state index < -0.39 is 0 Å². The molecule has 0 aliphatic heterocycles. The molecule has 0 heterocycles. The number of nitrogens with one attached hydrogen (secondary N) is 1. The molecule has 2 atom stereocenters. The molecule has 1 heteroatoms. The van der Waals surface area contributed by atoms with Gasteiger partial charge in [-0.05, 0) is 37.3 Å². The Morgan fingerprint density at radius 1 is 0.895 bits per heavy atom. The first kappa shape index (κ1) is 16.2. The molecule has 0 radical (unpaired) electrons. The van der Waals surface area contributed by atoms with Crippen LogP contribution in [0.25, 0.3) is 0 Å². The zero-order chi connectivity index (χ0) is 14.3. The molecular formula is C18H31N. The number of unbranched alkanes of at least 4 members (excludes halogenated alkanes) is 2. The molecule has 0 bridgehead atoms. The maximum Gasteiger partial charge on any atom is 0.0294 e. The maximum atomic E-state index is 3.70. The molecule has 1 aromatic carbocycles. The molecule has 1 N–H and O–H groups in total. The molecule has 0 fully saturated rings. The molecule has 19 heavy (non-hydrogen) atoms. The SMILES string of the molecule is CCCCCC(C)NC(C)c1ccc(C(C)C)cc1. The highest BCUT2D eigenvalue weighted by molar-refractivity contribution is 5.26. The lowest BCUT2D eigenvalue weighted by Crippen LogP contribution is -2.28. The van der Waals surface area contributed by atoms with E-state index in [4.69, 9.17) is 0 Å². The second kappa shape index (κ2) is 8.37. The molecule has 2 unspecified atom stereocenters. The number of hydrogen-bond acceptors (Lipinski definition) is 1. The lowest BCUT2D eigenvalue weighted by atomic mass is 9.99. The molecule has 1 nitrogen and oxygen atoms in total. The van der Waals surface area contributed by atoms with E-state index >= 15 is 0 Å². The van der Waals surface area contributed by atoms with Gasteiger partial charge in [-0.3, -0.25) is 0 Å². The second-order valence-electron chi connectivity index (χ2n) is 6.11. The highest BCUT2D eigenvalue weighted by atomic mass is 14.9. The van der Waals surface area contributed by atoms with Crippen LogP contribution in [0, 0.1) is 0 Å². The average molecular weight is 261 g/mol. The molecular weight excluding hydrogens is 230 g/mol. The molecule has 108 valence electrons. The lowest BCUT2D eigenvalue weighted by molar-refractivity contribution is 0.440. The predicted molar refractivity (Wildman–Crippen MR) is 85.7 cm³/mol. The Hall–Kier alpha value is -0.820. The quantitative estimate of drug-likeness (QED) is 0.615. The topological polar surface area (TPSA) is 12.0 Å². The fourth-order valence-electron chi connectivity index (χ4n) is 2.48. The third kappa shape index (κ3) is 5.78. The molecule has 0 saturated heterocycles. The summed E-state index contributed by atoms with van der Waals surface area (Å²) in [5, 5.41) is 3.70. The molecule has 1 rings (SSSR count). The van der Waals surface area contributed by atoms with E-state index in [1.807, 2.05) is 0 Å². The normalized spacial score (nSPS) is 14.6. The van der Waals surface area contributed by atoms with Crippen molar-refractivity contribution in [2.75, 3.05) is 0 Å². The molecule has 1 aromatic rings. The van der Waals surface area contributed by atoms with E-state index in [0.717, 1.165) is 0 Å². The Balaban J connectivity index is 2.46. The zero-order valence-corrected chi connectivity index (χ0v) is 13.4. The molecule has 0 saturated carbocycles. The van der Waals surface area contributed by atoms with Crippen molar-refractivity contribution in [3.05, 3.63) is 35.4 Å².